The summed E-state index contributed by atoms with van der Waals surface area (Å²) in [7, 11) is 0. The summed E-state index contributed by atoms with van der Waals surface area (Å²) in [6, 6.07) is 16.1. The van der Waals surface area contributed by atoms with E-state index >= 15 is 0 Å². The van der Waals surface area contributed by atoms with Crippen LogP contribution in [0.15, 0.2) is 36.4 Å². The summed E-state index contributed by atoms with van der Waals surface area (Å²) in [6.45, 7) is 14.0. The molecule has 7 rings (SSSR count). The van der Waals surface area contributed by atoms with E-state index in [1.165, 1.54) is 412 Å². The van der Waals surface area contributed by atoms with Gasteiger partial charge in [-0.2, -0.15) is 0 Å². The van der Waals surface area contributed by atoms with Gasteiger partial charge in [0.2, 0.25) is 0 Å². The van der Waals surface area contributed by atoms with E-state index in [0.717, 1.165) is 5.52 Å². The second-order valence-electron chi connectivity index (χ2n) is 30.8. The van der Waals surface area contributed by atoms with Crippen LogP contribution in [-0.2, 0) is 10.8 Å². The van der Waals surface area contributed by atoms with Crippen LogP contribution < -0.4 is 0 Å². The van der Waals surface area contributed by atoms with E-state index in [0.29, 0.717) is 0 Å². The number of thiophene rings is 2. The first-order valence-corrected chi connectivity index (χ1v) is 44.8. The fourth-order valence-corrected chi connectivity index (χ4v) is 21.0. The molecule has 0 unspecified atom stereocenters. The number of benzene rings is 2. The van der Waals surface area contributed by atoms with Crippen LogP contribution in [0.1, 0.15) is 446 Å². The van der Waals surface area contributed by atoms with Gasteiger partial charge in [0.05, 0.1) is 0 Å². The molecule has 0 saturated carbocycles. The van der Waals surface area contributed by atoms with Gasteiger partial charge in [0.25, 0.3) is 0 Å². The zero-order valence-electron chi connectivity index (χ0n) is 62.0. The number of hydrogen-bond donors (Lipinski definition) is 0. The van der Waals surface area contributed by atoms with Crippen molar-refractivity contribution >= 4 is 48.7 Å². The Morgan fingerprint density at radius 3 is 0.860 bits per heavy atom. The number of fused-ring (bicyclic) bond motifs is 7. The molecule has 2 aliphatic carbocycles. The number of hydrogen-bond acceptors (Lipinski definition) is 4. The fourth-order valence-electron chi connectivity index (χ4n) is 17.2. The number of unbranched alkanes of at least 4 members (excludes halogenated alkanes) is 52. The van der Waals surface area contributed by atoms with Crippen molar-refractivity contribution in [3.63, 3.8) is 0 Å². The monoisotopic (exact) mass is 1370 g/mol. The van der Waals surface area contributed by atoms with Gasteiger partial charge in [-0.3, -0.25) is 0 Å². The molecule has 5 aromatic rings. The van der Waals surface area contributed by atoms with Crippen molar-refractivity contribution in [2.45, 2.75) is 438 Å². The maximum atomic E-state index is 5.19. The second kappa shape index (κ2) is 47.1. The molecule has 2 aromatic carbocycles. The minimum absolute atomic E-state index is 0.0447. The summed E-state index contributed by atoms with van der Waals surface area (Å²) in [6.07, 6.45) is 84.7. The van der Waals surface area contributed by atoms with Crippen LogP contribution in [0.25, 0.3) is 42.4 Å². The van der Waals surface area contributed by atoms with Gasteiger partial charge in [-0.15, -0.1) is 0 Å². The molecule has 3 aromatic heterocycles. The Labute approximate surface area is 590 Å². The Kier molecular flexibility index (Phi) is 39.6. The number of aryl methyl sites for hydroxylation is 2. The summed E-state index contributed by atoms with van der Waals surface area (Å²) >= 11 is 4.24. The van der Waals surface area contributed by atoms with E-state index < -0.39 is 0 Å². The topological polar surface area (TPSA) is 25.8 Å². The summed E-state index contributed by atoms with van der Waals surface area (Å²) in [5.74, 6) is 0. The number of nitrogens with zero attached hydrogens (tertiary/aromatic N) is 2. The predicted molar refractivity (Wildman–Crippen MR) is 419 cm³/mol. The van der Waals surface area contributed by atoms with Gasteiger partial charge < -0.3 is 0 Å². The van der Waals surface area contributed by atoms with Crippen molar-refractivity contribution in [1.82, 2.24) is 7.96 Å². The molecule has 0 bridgehead atoms. The molecule has 0 aliphatic heterocycles. The molecule has 0 amide bonds. The Balaban J connectivity index is 1.13. The number of aromatic nitrogens is 2. The van der Waals surface area contributed by atoms with Crippen molar-refractivity contribution in [2.75, 3.05) is 0 Å². The van der Waals surface area contributed by atoms with Crippen molar-refractivity contribution in [2.24, 2.45) is 0 Å². The van der Waals surface area contributed by atoms with Crippen molar-refractivity contribution in [3.8, 4) is 31.3 Å². The molecule has 3 heterocycles. The standard InChI is InChI=1S/C88H144N2S2Se/c1-7-11-15-19-23-27-31-35-39-43-47-51-55-59-65-87(66-60-56-52-48-44-40-36-32-28-24-20-16-12-8-2)78-71-77-79(70-76(78)85-80(87)69-74(6)91-85)88(67-61-57-53-49-45-41-37-33-29-25-21-17-13-9-3,68-62-58-54-50-46-42-38-34-30-26-22-18-14-10-4)81-72-82(92-86(77)81)75-64-63-73(5)83-84(75)90-93-89-83/h63-64,69-72H,7-62,65-68H2,1-6H3. The van der Waals surface area contributed by atoms with E-state index in [2.05, 4.69) is 101 Å². The molecular formula is C88H144N2S2Se. The third-order valence-corrected chi connectivity index (χ3v) is 26.4. The zero-order chi connectivity index (χ0) is 65.3. The van der Waals surface area contributed by atoms with Gasteiger partial charge >= 0.3 is 260 Å². The first-order valence-electron chi connectivity index (χ1n) is 41.6. The van der Waals surface area contributed by atoms with Crippen LogP contribution in [0.5, 0.6) is 0 Å². The molecule has 0 atom stereocenters. The maximum absolute atomic E-state index is 5.19. The normalized spacial score (nSPS) is 13.7. The fraction of sp³-hybridized carbons (Fsp3) is 0.773. The van der Waals surface area contributed by atoms with Crippen LogP contribution >= 0.6 is 22.7 Å². The molecule has 93 heavy (non-hydrogen) atoms. The van der Waals surface area contributed by atoms with Crippen LogP contribution in [-0.4, -0.2) is 22.9 Å². The van der Waals surface area contributed by atoms with Gasteiger partial charge in [-0.1, -0.05) is 323 Å². The van der Waals surface area contributed by atoms with Crippen molar-refractivity contribution < 1.29 is 0 Å². The van der Waals surface area contributed by atoms with Crippen molar-refractivity contribution in [3.05, 3.63) is 69.1 Å². The molecule has 2 aliphatic rings. The minimum atomic E-state index is -0.0523. The average molecular weight is 1370 g/mol. The average Bonchev–Trinajstić information content (AvgIpc) is 1.53. The Morgan fingerprint density at radius 1 is 0.280 bits per heavy atom. The molecule has 0 N–H and O–H groups in total. The van der Waals surface area contributed by atoms with Crippen LogP contribution in [0.3, 0.4) is 0 Å². The summed E-state index contributed by atoms with van der Waals surface area (Å²) in [5.41, 5.74) is 15.2. The summed E-state index contributed by atoms with van der Waals surface area (Å²) < 4.78 is 10.2. The molecular weight excluding hydrogens is 1230 g/mol. The van der Waals surface area contributed by atoms with E-state index in [1.54, 1.807) is 43.1 Å². The van der Waals surface area contributed by atoms with Gasteiger partial charge in [-0.05, 0) is 6.92 Å². The van der Waals surface area contributed by atoms with Gasteiger partial charge in [0.15, 0.2) is 0 Å². The SMILES string of the molecule is CCCCCCCCCCCCCCCCC1(CCCCCCCCCCCCCCCC)c2cc3c(cc2-c2sc(C)cc21)C(CCCCCCCCCCCCCCCC)(CCCCCCCCCCCCCCCC)c1cc(-c2ccc(C)c4n[se]nc24)sc1-3. The molecule has 0 spiro atoms. The third kappa shape index (κ3) is 25.6. The van der Waals surface area contributed by atoms with E-state index in [9.17, 15) is 0 Å². The van der Waals surface area contributed by atoms with E-state index in [4.69, 9.17) is 7.96 Å². The summed E-state index contributed by atoms with van der Waals surface area (Å²) in [4.78, 5) is 6.24. The molecule has 0 radical (unpaired) electrons. The van der Waals surface area contributed by atoms with Crippen LogP contribution in [0.2, 0.25) is 0 Å². The number of rotatable bonds is 61. The van der Waals surface area contributed by atoms with Crippen LogP contribution in [0, 0.1) is 13.8 Å². The van der Waals surface area contributed by atoms with Gasteiger partial charge in [0.1, 0.15) is 0 Å². The molecule has 5 heteroatoms. The quantitative estimate of drug-likeness (QED) is 0.0286. The first-order chi connectivity index (χ1) is 45.9. The molecule has 524 valence electrons. The Morgan fingerprint density at radius 2 is 0.548 bits per heavy atom. The Hall–Kier alpha value is -2.04. The van der Waals surface area contributed by atoms with E-state index in [1.807, 2.05) is 0 Å². The van der Waals surface area contributed by atoms with Crippen molar-refractivity contribution in [1.29, 1.82) is 0 Å². The molecule has 0 saturated heterocycles. The Bertz CT molecular complexity index is 2630. The molecule has 0 fully saturated rings. The predicted octanol–water partition coefficient (Wildman–Crippen LogP) is 31.1. The first kappa shape index (κ1) is 78.3. The third-order valence-electron chi connectivity index (χ3n) is 23.0. The summed E-state index contributed by atoms with van der Waals surface area (Å²) in [5, 5.41) is 0. The van der Waals surface area contributed by atoms with Gasteiger partial charge in [0, 0.05) is 4.88 Å². The van der Waals surface area contributed by atoms with Crippen LogP contribution in [0.4, 0.5) is 0 Å². The second-order valence-corrected chi connectivity index (χ2v) is 34.3. The zero-order valence-corrected chi connectivity index (χ0v) is 65.4. The van der Waals surface area contributed by atoms with Gasteiger partial charge in [-0.25, -0.2) is 0 Å². The van der Waals surface area contributed by atoms with E-state index in [-0.39, 0.29) is 25.8 Å². The molecule has 2 nitrogen and oxygen atoms in total.